The van der Waals surface area contributed by atoms with Crippen LogP contribution in [0.3, 0.4) is 0 Å². The summed E-state index contributed by atoms with van der Waals surface area (Å²) in [5.74, 6) is 0.589. The van der Waals surface area contributed by atoms with E-state index in [0.717, 1.165) is 19.4 Å². The Morgan fingerprint density at radius 2 is 2.25 bits per heavy atom. The van der Waals surface area contributed by atoms with E-state index in [1.54, 1.807) is 13.1 Å². The average molecular weight is 354 g/mol. The van der Waals surface area contributed by atoms with Crippen LogP contribution >= 0.6 is 0 Å². The number of hydrogen-bond donors (Lipinski definition) is 1. The Kier molecular flexibility index (Phi) is 5.00. The highest BCUT2D eigenvalue weighted by atomic mass is 32.2. The number of ether oxygens (including phenoxy) is 1. The van der Waals surface area contributed by atoms with Crippen LogP contribution in [0, 0.1) is 0 Å². The van der Waals surface area contributed by atoms with Gasteiger partial charge in [-0.15, -0.1) is 0 Å². The van der Waals surface area contributed by atoms with Crippen LogP contribution in [0.5, 0.6) is 0 Å². The molecule has 1 N–H and O–H groups in total. The topological polar surface area (TPSA) is 101 Å². The van der Waals surface area contributed by atoms with Crippen molar-refractivity contribution < 1.29 is 17.9 Å². The molecule has 1 aromatic heterocycles. The van der Waals surface area contributed by atoms with Gasteiger partial charge in [0.2, 0.25) is 0 Å². The van der Waals surface area contributed by atoms with Gasteiger partial charge in [-0.3, -0.25) is 4.79 Å². The van der Waals surface area contributed by atoms with Crippen LogP contribution in [0.25, 0.3) is 0 Å². The molecule has 2 aliphatic rings. The highest BCUT2D eigenvalue weighted by molar-refractivity contribution is 7.91. The lowest BCUT2D eigenvalue weighted by Gasteiger charge is -2.24. The zero-order valence-corrected chi connectivity index (χ0v) is 14.5. The molecular weight excluding hydrogens is 332 g/mol. The second-order valence-corrected chi connectivity index (χ2v) is 8.50. The molecule has 2 aliphatic heterocycles. The summed E-state index contributed by atoms with van der Waals surface area (Å²) in [7, 11) is -1.18. The van der Waals surface area contributed by atoms with Crippen LogP contribution < -0.4 is 10.2 Å². The summed E-state index contributed by atoms with van der Waals surface area (Å²) in [5.41, 5.74) is 0.269. The molecule has 0 bridgehead atoms. The number of hydrogen-bond acceptors (Lipinski definition) is 7. The van der Waals surface area contributed by atoms with E-state index >= 15 is 0 Å². The standard InChI is InChI=1S/C15H22N4O4S/c1-19(11-4-6-24(21,22)9-11)14-7-13(17-10-18-14)15(20)16-8-12-3-2-5-23-12/h7,10-12H,2-6,8-9H2,1H3,(H,16,20). The molecule has 0 spiro atoms. The number of sulfone groups is 1. The molecule has 1 amide bonds. The summed E-state index contributed by atoms with van der Waals surface area (Å²) in [4.78, 5) is 22.2. The normalized spacial score (nSPS) is 25.5. The minimum absolute atomic E-state index is 0.0710. The third-order valence-corrected chi connectivity index (χ3v) is 6.27. The van der Waals surface area contributed by atoms with Gasteiger partial charge in [-0.2, -0.15) is 0 Å². The van der Waals surface area contributed by atoms with E-state index < -0.39 is 9.84 Å². The van der Waals surface area contributed by atoms with Crippen LogP contribution in [-0.2, 0) is 14.6 Å². The minimum Gasteiger partial charge on any atom is -0.376 e. The molecule has 9 heteroatoms. The van der Waals surface area contributed by atoms with Gasteiger partial charge in [0, 0.05) is 32.3 Å². The van der Waals surface area contributed by atoms with Crippen molar-refractivity contribution in [2.45, 2.75) is 31.4 Å². The molecule has 2 atom stereocenters. The highest BCUT2D eigenvalue weighted by Gasteiger charge is 2.31. The second-order valence-electron chi connectivity index (χ2n) is 6.27. The fraction of sp³-hybridized carbons (Fsp3) is 0.667. The van der Waals surface area contributed by atoms with Gasteiger partial charge in [-0.1, -0.05) is 0 Å². The Hall–Kier alpha value is -1.74. The molecule has 0 aliphatic carbocycles. The molecule has 2 saturated heterocycles. The van der Waals surface area contributed by atoms with Gasteiger partial charge in [0.15, 0.2) is 9.84 Å². The van der Waals surface area contributed by atoms with Crippen LogP contribution in [0.1, 0.15) is 29.8 Å². The molecule has 132 valence electrons. The largest absolute Gasteiger partial charge is 0.376 e. The van der Waals surface area contributed by atoms with E-state index in [9.17, 15) is 13.2 Å². The molecule has 0 saturated carbocycles. The first kappa shape index (κ1) is 17.1. The fourth-order valence-electron chi connectivity index (χ4n) is 3.03. The Morgan fingerprint density at radius 1 is 1.42 bits per heavy atom. The van der Waals surface area contributed by atoms with Crippen molar-refractivity contribution in [2.24, 2.45) is 0 Å². The Bertz CT molecular complexity index is 703. The SMILES string of the molecule is CN(c1cc(C(=O)NCC2CCCO2)ncn1)C1CCS(=O)(=O)C1. The molecule has 24 heavy (non-hydrogen) atoms. The van der Waals surface area contributed by atoms with Crippen LogP contribution in [0.15, 0.2) is 12.4 Å². The number of aromatic nitrogens is 2. The maximum atomic E-state index is 12.2. The molecule has 0 radical (unpaired) electrons. The number of rotatable bonds is 5. The summed E-state index contributed by atoms with van der Waals surface area (Å²) in [6.45, 7) is 1.21. The van der Waals surface area contributed by atoms with Gasteiger partial charge in [0.05, 0.1) is 17.6 Å². The minimum atomic E-state index is -2.97. The molecule has 2 fully saturated rings. The Morgan fingerprint density at radius 3 is 2.92 bits per heavy atom. The predicted octanol–water partition coefficient (Wildman–Crippen LogP) is 0.00870. The monoisotopic (exact) mass is 354 g/mol. The van der Waals surface area contributed by atoms with E-state index in [2.05, 4.69) is 15.3 Å². The number of anilines is 1. The number of nitrogens with one attached hydrogen (secondary N) is 1. The van der Waals surface area contributed by atoms with Gasteiger partial charge < -0.3 is 15.0 Å². The van der Waals surface area contributed by atoms with Crippen molar-refractivity contribution in [1.29, 1.82) is 0 Å². The van der Waals surface area contributed by atoms with E-state index in [4.69, 9.17) is 4.74 Å². The summed E-state index contributed by atoms with van der Waals surface area (Å²) >= 11 is 0. The van der Waals surface area contributed by atoms with Gasteiger partial charge in [0.25, 0.3) is 5.91 Å². The maximum absolute atomic E-state index is 12.2. The van der Waals surface area contributed by atoms with E-state index in [1.165, 1.54) is 6.33 Å². The average Bonchev–Trinajstić information content (AvgIpc) is 3.21. The van der Waals surface area contributed by atoms with Crippen molar-refractivity contribution in [2.75, 3.05) is 36.6 Å². The van der Waals surface area contributed by atoms with Gasteiger partial charge in [-0.05, 0) is 19.3 Å². The van der Waals surface area contributed by atoms with Gasteiger partial charge >= 0.3 is 0 Å². The van der Waals surface area contributed by atoms with Crippen LogP contribution in [-0.4, -0.2) is 68.1 Å². The number of carbonyl (C=O) groups is 1. The zero-order chi connectivity index (χ0) is 17.2. The first-order valence-corrected chi connectivity index (χ1v) is 9.92. The molecule has 2 unspecified atom stereocenters. The van der Waals surface area contributed by atoms with E-state index in [-0.39, 0.29) is 35.3 Å². The molecule has 1 aromatic rings. The van der Waals surface area contributed by atoms with Crippen molar-refractivity contribution in [3.63, 3.8) is 0 Å². The number of carbonyl (C=O) groups excluding carboxylic acids is 1. The third kappa shape index (κ3) is 4.02. The molecule has 3 rings (SSSR count). The predicted molar refractivity (Wildman–Crippen MR) is 88.8 cm³/mol. The van der Waals surface area contributed by atoms with Crippen molar-refractivity contribution >= 4 is 21.6 Å². The Balaban J connectivity index is 1.63. The quantitative estimate of drug-likeness (QED) is 0.794. The second kappa shape index (κ2) is 7.02. The van der Waals surface area contributed by atoms with Crippen molar-refractivity contribution in [3.05, 3.63) is 18.1 Å². The van der Waals surface area contributed by atoms with Gasteiger partial charge in [-0.25, -0.2) is 18.4 Å². The van der Waals surface area contributed by atoms with E-state index in [1.807, 2.05) is 4.90 Å². The lowest BCUT2D eigenvalue weighted by Crippen LogP contribution is -2.34. The molecular formula is C15H22N4O4S. The Labute approximate surface area is 141 Å². The fourth-order valence-corrected chi connectivity index (χ4v) is 4.81. The molecule has 0 aromatic carbocycles. The highest BCUT2D eigenvalue weighted by Crippen LogP contribution is 2.21. The summed E-state index contributed by atoms with van der Waals surface area (Å²) in [5, 5.41) is 2.82. The van der Waals surface area contributed by atoms with E-state index in [0.29, 0.717) is 18.8 Å². The number of nitrogens with zero attached hydrogens (tertiary/aromatic N) is 3. The summed E-state index contributed by atoms with van der Waals surface area (Å²) in [6, 6.07) is 1.48. The summed E-state index contributed by atoms with van der Waals surface area (Å²) in [6.07, 6.45) is 3.95. The van der Waals surface area contributed by atoms with Crippen molar-refractivity contribution in [1.82, 2.24) is 15.3 Å². The van der Waals surface area contributed by atoms with Crippen molar-refractivity contribution in [3.8, 4) is 0 Å². The number of amides is 1. The lowest BCUT2D eigenvalue weighted by atomic mass is 10.2. The first-order chi connectivity index (χ1) is 11.4. The maximum Gasteiger partial charge on any atom is 0.270 e. The lowest BCUT2D eigenvalue weighted by molar-refractivity contribution is 0.0853. The van der Waals surface area contributed by atoms with Crippen LogP contribution in [0.2, 0.25) is 0 Å². The molecule has 3 heterocycles. The first-order valence-electron chi connectivity index (χ1n) is 8.10. The van der Waals surface area contributed by atoms with Crippen LogP contribution in [0.4, 0.5) is 5.82 Å². The van der Waals surface area contributed by atoms with Gasteiger partial charge in [0.1, 0.15) is 17.8 Å². The molecule has 8 nitrogen and oxygen atoms in total. The zero-order valence-electron chi connectivity index (χ0n) is 13.6. The third-order valence-electron chi connectivity index (χ3n) is 4.52. The smallest absolute Gasteiger partial charge is 0.270 e. The summed E-state index contributed by atoms with van der Waals surface area (Å²) < 4.78 is 28.7.